The van der Waals surface area contributed by atoms with Crippen LogP contribution in [-0.2, 0) is 28.8 Å². The van der Waals surface area contributed by atoms with E-state index in [1.807, 2.05) is 0 Å². The number of nitrogens with two attached hydrogens (primary N) is 19. The molecule has 0 radical (unpaired) electrons. The minimum absolute atomic E-state index is 0.684. The second-order valence-electron chi connectivity index (χ2n) is 14.1. The van der Waals surface area contributed by atoms with Gasteiger partial charge in [0, 0.05) is 234 Å². The lowest BCUT2D eigenvalue weighted by atomic mass is 10.3. The van der Waals surface area contributed by atoms with Crippen molar-refractivity contribution in [3.05, 3.63) is 0 Å². The summed E-state index contributed by atoms with van der Waals surface area (Å²) in [6, 6.07) is 0. The van der Waals surface area contributed by atoms with Gasteiger partial charge in [0.05, 0.1) is 19.3 Å². The molecule has 3 atom stereocenters. The minimum atomic E-state index is -1.79. The second kappa shape index (κ2) is 225. The Balaban J connectivity index is -0.0000000337. The predicted octanol–water partition coefficient (Wildman–Crippen LogP) is -5.66. The number of thiol groups is 19. The van der Waals surface area contributed by atoms with Gasteiger partial charge < -0.3 is 155 Å². The molecule has 3 unspecified atom stereocenters. The van der Waals surface area contributed by atoms with Gasteiger partial charge in [0.25, 0.3) is 0 Å². The van der Waals surface area contributed by atoms with E-state index < -0.39 is 73.4 Å². The summed E-state index contributed by atoms with van der Waals surface area (Å²) in [5.41, 5.74) is 94.1. The summed E-state index contributed by atoms with van der Waals surface area (Å²) in [4.78, 5) is 58.2. The van der Waals surface area contributed by atoms with Gasteiger partial charge in [0.2, 0.25) is 0 Å². The van der Waals surface area contributed by atoms with E-state index in [9.17, 15) is 28.8 Å². The van der Waals surface area contributed by atoms with Gasteiger partial charge >= 0.3 is 35.8 Å². The molecule has 0 aromatic carbocycles. The largest absolute Gasteiger partial charge is 0.481 e. The number of carboxylic acids is 6. The van der Waals surface area contributed by atoms with Crippen molar-refractivity contribution in [3.8, 4) is 0 Å². The van der Waals surface area contributed by atoms with Gasteiger partial charge in [-0.3, -0.25) is 14.4 Å². The Labute approximate surface area is 723 Å². The van der Waals surface area contributed by atoms with E-state index in [4.69, 9.17) is 155 Å². The molecule has 34 nitrogen and oxygen atoms in total. The molecule has 0 rings (SSSR count). The fraction of sp³-hybridized carbons (Fsp3) is 0.880. The van der Waals surface area contributed by atoms with Crippen LogP contribution in [0.3, 0.4) is 0 Å². The highest BCUT2D eigenvalue weighted by Crippen LogP contribution is 1.91. The fourth-order valence-corrected chi connectivity index (χ4v) is 0.758. The van der Waals surface area contributed by atoms with Crippen LogP contribution in [0.5, 0.6) is 0 Å². The van der Waals surface area contributed by atoms with Crippen molar-refractivity contribution in [2.24, 2.45) is 109 Å². The number of hydrogen-bond acceptors (Lipinski definition) is 47. The number of aliphatic hydroxyl groups is 3. The normalized spacial score (nSPS) is 8.83. The third-order valence-electron chi connectivity index (χ3n) is 4.41. The van der Waals surface area contributed by atoms with Crippen LogP contribution in [0.1, 0.15) is 19.3 Å². The fourth-order valence-electron chi connectivity index (χ4n) is 0.758. The topological polar surface area (TPSA) is 779 Å². The molecule has 0 aliphatic carbocycles. The molecule has 650 valence electrons. The number of aliphatic hydroxyl groups excluding tert-OH is 3. The van der Waals surface area contributed by atoms with E-state index in [0.29, 0.717) is 124 Å². The van der Waals surface area contributed by atoms with E-state index in [2.05, 4.69) is 240 Å². The van der Waals surface area contributed by atoms with Gasteiger partial charge in [0.1, 0.15) is 0 Å². The van der Waals surface area contributed by atoms with Gasteiger partial charge in [-0.2, -0.15) is 240 Å². The smallest absolute Gasteiger partial charge is 0.333 e. The molecule has 0 heterocycles. The number of carbonyl (C=O) groups is 6. The minimum Gasteiger partial charge on any atom is -0.481 e. The molecule has 0 aromatic rings. The number of carboxylic acid groups (broad SMARTS) is 6. The summed E-state index contributed by atoms with van der Waals surface area (Å²) in [7, 11) is 0. The van der Waals surface area contributed by atoms with E-state index in [1.54, 1.807) is 0 Å². The highest BCUT2D eigenvalue weighted by molar-refractivity contribution is 7.83. The van der Waals surface area contributed by atoms with Crippen LogP contribution < -0.4 is 109 Å². The summed E-state index contributed by atoms with van der Waals surface area (Å²) in [5.74, 6) is 6.51. The number of hydrogen-bond donors (Lipinski definition) is 47. The van der Waals surface area contributed by atoms with Crippen LogP contribution in [-0.4, -0.2) is 334 Å². The van der Waals surface area contributed by atoms with Crippen molar-refractivity contribution in [1.82, 2.24) is 0 Å². The Hall–Kier alpha value is 2.59. The maximum atomic E-state index is 9.72. The third-order valence-corrected chi connectivity index (χ3v) is 9.32. The van der Waals surface area contributed by atoms with Crippen molar-refractivity contribution in [2.45, 2.75) is 37.6 Å². The molecule has 0 aliphatic heterocycles. The van der Waals surface area contributed by atoms with Crippen LogP contribution in [0, 0.1) is 0 Å². The maximum absolute atomic E-state index is 9.72. The van der Waals surface area contributed by atoms with Crippen LogP contribution in [0.2, 0.25) is 0 Å². The van der Waals surface area contributed by atoms with E-state index in [1.165, 1.54) is 0 Å². The van der Waals surface area contributed by atoms with Crippen LogP contribution in [0.25, 0.3) is 0 Å². The zero-order valence-corrected chi connectivity index (χ0v) is 76.7. The van der Waals surface area contributed by atoms with Gasteiger partial charge in [0.15, 0.2) is 18.3 Å². The first-order valence-electron chi connectivity index (χ1n) is 29.8. The molecular weight excluding hydrogens is 1720 g/mol. The van der Waals surface area contributed by atoms with E-state index in [0.717, 1.165) is 109 Å². The molecule has 0 spiro atoms. The molecule has 0 saturated carbocycles. The summed E-state index contributed by atoms with van der Waals surface area (Å²) in [6.07, 6.45) is -7.63. The molecule has 103 heavy (non-hydrogen) atoms. The maximum Gasteiger partial charge on any atom is 0.333 e. The lowest BCUT2D eigenvalue weighted by molar-refractivity contribution is -0.153. The first kappa shape index (κ1) is 165. The SMILES string of the molecule is NCCS.NCCS.NCCS.NCCS.NCCS.NCCS.NCCS.NCCS.NCCS.NCCS.NCCS.NCCS.NCCS.NCCS.NCCS.NCCS.NCCS.NCCS.NCCS.O=C(O)CC(O)C(=O)O.O=C(O)CC(O)C(=O)O.O=C(O)CC(O)C(=O)O. The van der Waals surface area contributed by atoms with Gasteiger partial charge in [-0.05, 0) is 0 Å². The van der Waals surface area contributed by atoms with Crippen molar-refractivity contribution in [1.29, 1.82) is 0 Å². The van der Waals surface area contributed by atoms with Crippen LogP contribution >= 0.6 is 240 Å². The quantitative estimate of drug-likeness (QED) is 0.0325. The van der Waals surface area contributed by atoms with E-state index >= 15 is 0 Å². The van der Waals surface area contributed by atoms with E-state index in [-0.39, 0.29) is 0 Å². The standard InChI is InChI=1S/3C4H6O5.19C2H7NS/c3*5-2(4(8)9)1-3(6)7;19*3-1-2-4/h3*2,5H,1H2,(H,6,7)(H,8,9);19*4H,1-3H2. The monoisotopic (exact) mass is 1870 g/mol. The molecule has 53 heteroatoms. The Kier molecular flexibility index (Phi) is 361. The predicted molar refractivity (Wildman–Crippen MR) is 513 cm³/mol. The molecule has 0 aromatic heterocycles. The molecule has 0 amide bonds. The summed E-state index contributed by atoms with van der Waals surface area (Å²) >= 11 is 72.1. The van der Waals surface area contributed by atoms with Crippen molar-refractivity contribution in [3.63, 3.8) is 0 Å². The van der Waals surface area contributed by atoms with Crippen molar-refractivity contribution in [2.75, 3.05) is 234 Å². The summed E-state index contributed by atoms with van der Waals surface area (Å²) < 4.78 is 0. The molecule has 0 fully saturated rings. The highest BCUT2D eigenvalue weighted by atomic mass is 32.1. The zero-order valence-electron chi connectivity index (χ0n) is 59.7. The first-order chi connectivity index (χ1) is 48.5. The zero-order chi connectivity index (χ0) is 87.2. The summed E-state index contributed by atoms with van der Waals surface area (Å²) in [5, 5.41) is 72.4. The first-order valence-corrected chi connectivity index (χ1v) is 41.8. The highest BCUT2D eigenvalue weighted by Gasteiger charge is 2.17. The Morgan fingerprint density at radius 3 is 0.233 bits per heavy atom. The third kappa shape index (κ3) is 530. The lowest BCUT2D eigenvalue weighted by Crippen LogP contribution is -2.22. The Bertz CT molecular complexity index is 992. The Morgan fingerprint density at radius 1 is 0.175 bits per heavy atom. The molecular formula is C50H151N19O15S19. The van der Waals surface area contributed by atoms with Crippen molar-refractivity contribution < 1.29 is 74.7 Å². The van der Waals surface area contributed by atoms with Crippen LogP contribution in [0.15, 0.2) is 0 Å². The number of rotatable bonds is 28. The molecule has 0 bridgehead atoms. The average molecular weight is 1870 g/mol. The van der Waals surface area contributed by atoms with Crippen LogP contribution in [0.4, 0.5) is 0 Å². The van der Waals surface area contributed by atoms with Gasteiger partial charge in [-0.15, -0.1) is 0 Å². The van der Waals surface area contributed by atoms with Gasteiger partial charge in [-0.25, -0.2) is 14.4 Å². The lowest BCUT2D eigenvalue weighted by Gasteiger charge is -1.97. The number of aliphatic carboxylic acids is 6. The molecule has 0 aliphatic rings. The molecule has 47 N–H and O–H groups in total. The van der Waals surface area contributed by atoms with Crippen molar-refractivity contribution >= 4 is 276 Å². The average Bonchev–Trinajstić information content (AvgIpc) is 1.28. The second-order valence-corrected chi connectivity index (χ2v) is 22.6. The molecule has 0 saturated heterocycles. The van der Waals surface area contributed by atoms with Gasteiger partial charge in [-0.1, -0.05) is 0 Å². The summed E-state index contributed by atoms with van der Waals surface area (Å²) in [6.45, 7) is 13.0. The Morgan fingerprint density at radius 2 is 0.223 bits per heavy atom.